The van der Waals surface area contributed by atoms with E-state index in [4.69, 9.17) is 9.15 Å². The number of hydrogen-bond acceptors (Lipinski definition) is 4. The molecule has 1 aromatic rings. The van der Waals surface area contributed by atoms with Crippen LogP contribution in [0.4, 0.5) is 0 Å². The molecule has 1 aromatic heterocycles. The molecule has 1 unspecified atom stereocenters. The van der Waals surface area contributed by atoms with Crippen LogP contribution < -0.4 is 5.32 Å². The van der Waals surface area contributed by atoms with Gasteiger partial charge in [-0.1, -0.05) is 20.8 Å². The van der Waals surface area contributed by atoms with E-state index in [0.717, 1.165) is 32.0 Å². The van der Waals surface area contributed by atoms with Gasteiger partial charge in [0.15, 0.2) is 0 Å². The molecule has 0 radical (unpaired) electrons. The average Bonchev–Trinajstić information content (AvgIpc) is 2.81. The summed E-state index contributed by atoms with van der Waals surface area (Å²) in [4.78, 5) is 2.35. The highest BCUT2D eigenvalue weighted by Gasteiger charge is 2.14. The van der Waals surface area contributed by atoms with Crippen molar-refractivity contribution in [2.24, 2.45) is 0 Å². The number of rotatable bonds is 9. The summed E-state index contributed by atoms with van der Waals surface area (Å²) in [5.41, 5.74) is 1.21. The van der Waals surface area contributed by atoms with Gasteiger partial charge in [-0.15, -0.1) is 0 Å². The van der Waals surface area contributed by atoms with Gasteiger partial charge >= 0.3 is 0 Å². The van der Waals surface area contributed by atoms with Crippen molar-refractivity contribution in [3.8, 4) is 0 Å². The van der Waals surface area contributed by atoms with Crippen LogP contribution in [0.5, 0.6) is 0 Å². The van der Waals surface area contributed by atoms with Gasteiger partial charge in [-0.05, 0) is 19.5 Å². The van der Waals surface area contributed by atoms with E-state index in [1.807, 2.05) is 6.26 Å². The van der Waals surface area contributed by atoms with Gasteiger partial charge in [0, 0.05) is 31.3 Å². The van der Waals surface area contributed by atoms with Gasteiger partial charge in [0.05, 0.1) is 19.4 Å². The van der Waals surface area contributed by atoms with Gasteiger partial charge in [0.25, 0.3) is 0 Å². The summed E-state index contributed by atoms with van der Waals surface area (Å²) < 4.78 is 10.8. The lowest BCUT2D eigenvalue weighted by molar-refractivity contribution is 0.0936. The Bertz CT molecular complexity index is 350. The zero-order valence-electron chi connectivity index (χ0n) is 12.9. The Morgan fingerprint density at radius 3 is 2.68 bits per heavy atom. The summed E-state index contributed by atoms with van der Waals surface area (Å²) in [6, 6.07) is 3.03. The van der Waals surface area contributed by atoms with E-state index in [0.29, 0.717) is 12.1 Å². The van der Waals surface area contributed by atoms with Crippen LogP contribution in [0, 0.1) is 0 Å². The van der Waals surface area contributed by atoms with Crippen LogP contribution in [0.2, 0.25) is 0 Å². The first-order chi connectivity index (χ1) is 9.06. The Kier molecular flexibility index (Phi) is 7.13. The zero-order chi connectivity index (χ0) is 14.3. The summed E-state index contributed by atoms with van der Waals surface area (Å²) in [5, 5.41) is 3.39. The lowest BCUT2D eigenvalue weighted by atomic mass is 10.2. The lowest BCUT2D eigenvalue weighted by Gasteiger charge is -2.26. The van der Waals surface area contributed by atoms with Crippen LogP contribution in [-0.2, 0) is 17.8 Å². The predicted octanol–water partition coefficient (Wildman–Crippen LogP) is 2.63. The number of nitrogens with zero attached hydrogens (tertiary/aromatic N) is 1. The first-order valence-corrected chi connectivity index (χ1v) is 7.09. The van der Waals surface area contributed by atoms with Crippen LogP contribution in [0.3, 0.4) is 0 Å². The minimum absolute atomic E-state index is 0.400. The van der Waals surface area contributed by atoms with Crippen molar-refractivity contribution < 1.29 is 9.15 Å². The van der Waals surface area contributed by atoms with Crippen molar-refractivity contribution in [3.05, 3.63) is 23.7 Å². The molecular weight excluding hydrogens is 240 g/mol. The standard InChI is InChI=1S/C15H28N2O2/c1-6-17(13(4)10-18-5)9-15-7-14(11-19-15)8-16-12(2)3/h7,11-13,16H,6,8-10H2,1-5H3. The number of furan rings is 1. The monoisotopic (exact) mass is 268 g/mol. The molecule has 0 amide bonds. The Morgan fingerprint density at radius 2 is 2.11 bits per heavy atom. The Morgan fingerprint density at radius 1 is 1.37 bits per heavy atom. The fraction of sp³-hybridized carbons (Fsp3) is 0.733. The number of nitrogens with one attached hydrogen (secondary N) is 1. The largest absolute Gasteiger partial charge is 0.468 e. The minimum Gasteiger partial charge on any atom is -0.468 e. The van der Waals surface area contributed by atoms with Crippen LogP contribution in [-0.4, -0.2) is 37.2 Å². The molecule has 1 rings (SSSR count). The molecule has 4 nitrogen and oxygen atoms in total. The molecule has 1 heterocycles. The number of ether oxygens (including phenoxy) is 1. The fourth-order valence-electron chi connectivity index (χ4n) is 2.05. The lowest BCUT2D eigenvalue weighted by Crippen LogP contribution is -2.35. The molecule has 4 heteroatoms. The van der Waals surface area contributed by atoms with Crippen LogP contribution >= 0.6 is 0 Å². The highest BCUT2D eigenvalue weighted by atomic mass is 16.5. The quantitative estimate of drug-likeness (QED) is 0.747. The molecule has 0 saturated heterocycles. The van der Waals surface area contributed by atoms with Crippen LogP contribution in [0.15, 0.2) is 16.7 Å². The molecular formula is C15H28N2O2. The summed E-state index contributed by atoms with van der Waals surface area (Å²) in [5.74, 6) is 1.02. The summed E-state index contributed by atoms with van der Waals surface area (Å²) in [7, 11) is 1.74. The molecule has 1 atom stereocenters. The molecule has 0 spiro atoms. The summed E-state index contributed by atoms with van der Waals surface area (Å²) in [6.07, 6.45) is 1.85. The van der Waals surface area contributed by atoms with E-state index in [-0.39, 0.29) is 0 Å². The number of methoxy groups -OCH3 is 1. The van der Waals surface area contributed by atoms with Crippen LogP contribution in [0.25, 0.3) is 0 Å². The van der Waals surface area contributed by atoms with Crippen molar-refractivity contribution in [3.63, 3.8) is 0 Å². The maximum atomic E-state index is 5.64. The highest BCUT2D eigenvalue weighted by molar-refractivity contribution is 5.12. The van der Waals surface area contributed by atoms with Gasteiger partial charge in [0.1, 0.15) is 5.76 Å². The molecule has 0 aromatic carbocycles. The molecule has 1 N–H and O–H groups in total. The highest BCUT2D eigenvalue weighted by Crippen LogP contribution is 2.13. The second kappa shape index (κ2) is 8.35. The van der Waals surface area contributed by atoms with Crippen molar-refractivity contribution in [2.45, 2.75) is 52.9 Å². The molecule has 110 valence electrons. The maximum absolute atomic E-state index is 5.64. The van der Waals surface area contributed by atoms with Gasteiger partial charge in [-0.25, -0.2) is 0 Å². The SMILES string of the molecule is CCN(Cc1cc(CNC(C)C)co1)C(C)COC. The first-order valence-electron chi connectivity index (χ1n) is 7.09. The third-order valence-corrected chi connectivity index (χ3v) is 3.22. The van der Waals surface area contributed by atoms with Crippen molar-refractivity contribution >= 4 is 0 Å². The maximum Gasteiger partial charge on any atom is 0.118 e. The van der Waals surface area contributed by atoms with Gasteiger partial charge in [-0.3, -0.25) is 4.90 Å². The molecule has 0 bridgehead atoms. The smallest absolute Gasteiger partial charge is 0.118 e. The van der Waals surface area contributed by atoms with E-state index in [2.05, 4.69) is 44.0 Å². The molecule has 19 heavy (non-hydrogen) atoms. The third-order valence-electron chi connectivity index (χ3n) is 3.22. The zero-order valence-corrected chi connectivity index (χ0v) is 12.9. The van der Waals surface area contributed by atoms with E-state index in [1.165, 1.54) is 5.56 Å². The molecule has 0 saturated carbocycles. The molecule has 0 aliphatic rings. The van der Waals surface area contributed by atoms with Gasteiger partial charge in [0.2, 0.25) is 0 Å². The first kappa shape index (κ1) is 16.2. The Labute approximate surface area is 117 Å². The minimum atomic E-state index is 0.400. The Balaban J connectivity index is 2.51. The number of hydrogen-bond donors (Lipinski definition) is 1. The van der Waals surface area contributed by atoms with Crippen molar-refractivity contribution in [2.75, 3.05) is 20.3 Å². The normalized spacial score (nSPS) is 13.4. The van der Waals surface area contributed by atoms with E-state index in [9.17, 15) is 0 Å². The Hall–Kier alpha value is -0.840. The van der Waals surface area contributed by atoms with Crippen LogP contribution in [0.1, 0.15) is 39.0 Å². The van der Waals surface area contributed by atoms with E-state index < -0.39 is 0 Å². The van der Waals surface area contributed by atoms with E-state index >= 15 is 0 Å². The second-order valence-electron chi connectivity index (χ2n) is 5.32. The number of likely N-dealkylation sites (N-methyl/N-ethyl adjacent to an activating group) is 1. The fourth-order valence-corrected chi connectivity index (χ4v) is 2.05. The van der Waals surface area contributed by atoms with Gasteiger partial charge in [-0.2, -0.15) is 0 Å². The predicted molar refractivity (Wildman–Crippen MR) is 78.1 cm³/mol. The van der Waals surface area contributed by atoms with Gasteiger partial charge < -0.3 is 14.5 Å². The van der Waals surface area contributed by atoms with Crippen molar-refractivity contribution in [1.29, 1.82) is 0 Å². The molecule has 0 fully saturated rings. The average molecular weight is 268 g/mol. The third kappa shape index (κ3) is 5.76. The molecule has 0 aliphatic heterocycles. The summed E-state index contributed by atoms with van der Waals surface area (Å²) >= 11 is 0. The topological polar surface area (TPSA) is 37.6 Å². The van der Waals surface area contributed by atoms with E-state index in [1.54, 1.807) is 7.11 Å². The second-order valence-corrected chi connectivity index (χ2v) is 5.32. The summed E-state index contributed by atoms with van der Waals surface area (Å²) in [6.45, 7) is 12.1. The van der Waals surface area contributed by atoms with Crippen molar-refractivity contribution in [1.82, 2.24) is 10.2 Å². The molecule has 0 aliphatic carbocycles.